The summed E-state index contributed by atoms with van der Waals surface area (Å²) in [5, 5.41) is 0. The monoisotopic (exact) mass is 495 g/mol. The van der Waals surface area contributed by atoms with Crippen LogP contribution in [0.5, 0.6) is 5.75 Å². The van der Waals surface area contributed by atoms with Gasteiger partial charge in [0.25, 0.3) is 0 Å². The van der Waals surface area contributed by atoms with Crippen LogP contribution in [0, 0.1) is 0 Å². The van der Waals surface area contributed by atoms with Gasteiger partial charge in [0.1, 0.15) is 5.75 Å². The van der Waals surface area contributed by atoms with Crippen molar-refractivity contribution in [3.8, 4) is 5.75 Å². The summed E-state index contributed by atoms with van der Waals surface area (Å²) in [7, 11) is 0. The molecule has 6 heteroatoms. The van der Waals surface area contributed by atoms with Crippen LogP contribution >= 0.6 is 24.2 Å². The molecule has 0 atom stereocenters. The number of para-hydroxylation sites is 4. The molecule has 2 aliphatic heterocycles. The lowest BCUT2D eigenvalue weighted by molar-refractivity contribution is 0.254. The fourth-order valence-corrected chi connectivity index (χ4v) is 5.84. The largest absolute Gasteiger partial charge is 0.491 e. The second-order valence-electron chi connectivity index (χ2n) is 8.69. The molecule has 0 unspecified atom stereocenters. The Morgan fingerprint density at radius 2 is 1.32 bits per heavy atom. The van der Waals surface area contributed by atoms with E-state index in [4.69, 9.17) is 4.74 Å². The first-order chi connectivity index (χ1) is 16.3. The maximum absolute atomic E-state index is 5.99. The van der Waals surface area contributed by atoms with Gasteiger partial charge < -0.3 is 14.5 Å². The van der Waals surface area contributed by atoms with E-state index in [-0.39, 0.29) is 12.4 Å². The lowest BCUT2D eigenvalue weighted by atomic mass is 10.2. The Bertz CT molecular complexity index is 1030. The van der Waals surface area contributed by atoms with Gasteiger partial charge in [0.2, 0.25) is 0 Å². The first kappa shape index (κ1) is 24.8. The number of anilines is 3. The van der Waals surface area contributed by atoms with Gasteiger partial charge >= 0.3 is 0 Å². The summed E-state index contributed by atoms with van der Waals surface area (Å²) in [6.07, 6.45) is 2.19. The zero-order valence-electron chi connectivity index (χ0n) is 19.9. The van der Waals surface area contributed by atoms with Crippen molar-refractivity contribution in [1.82, 2.24) is 4.90 Å². The molecular formula is C28H34ClN3OS. The Hall–Kier alpha value is -2.34. The van der Waals surface area contributed by atoms with E-state index in [0.717, 1.165) is 64.5 Å². The summed E-state index contributed by atoms with van der Waals surface area (Å²) in [5.74, 6) is 1.02. The third kappa shape index (κ3) is 5.48. The second kappa shape index (κ2) is 11.9. The summed E-state index contributed by atoms with van der Waals surface area (Å²) >= 11 is 1.88. The molecule has 0 saturated carbocycles. The van der Waals surface area contributed by atoms with E-state index in [0.29, 0.717) is 0 Å². The second-order valence-corrected chi connectivity index (χ2v) is 9.77. The molecule has 1 saturated heterocycles. The topological polar surface area (TPSA) is 19.0 Å². The Morgan fingerprint density at radius 1 is 0.735 bits per heavy atom. The van der Waals surface area contributed by atoms with Crippen molar-refractivity contribution in [1.29, 1.82) is 0 Å². The maximum atomic E-state index is 5.99. The highest BCUT2D eigenvalue weighted by Gasteiger charge is 2.23. The standard InChI is InChI=1S/C28H33N3OS.ClH/c1-2-22-32-26-13-6-3-10-23(26)30-20-18-29(19-21-30)16-9-17-31-24-11-4-7-14-27(24)33-28-15-8-5-12-25(28)31;/h3-8,10-15H,2,9,16-22H2,1H3;1H. The van der Waals surface area contributed by atoms with Crippen molar-refractivity contribution < 1.29 is 4.74 Å². The lowest BCUT2D eigenvalue weighted by Gasteiger charge is -2.37. The molecule has 4 nitrogen and oxygen atoms in total. The van der Waals surface area contributed by atoms with Gasteiger partial charge in [-0.1, -0.05) is 55.1 Å². The molecule has 2 heterocycles. The normalized spacial score (nSPS) is 15.3. The molecule has 0 aromatic heterocycles. The number of benzene rings is 3. The Balaban J connectivity index is 0.00000274. The van der Waals surface area contributed by atoms with Gasteiger partial charge in [-0.25, -0.2) is 0 Å². The van der Waals surface area contributed by atoms with E-state index in [1.165, 1.54) is 26.9 Å². The minimum atomic E-state index is 0. The van der Waals surface area contributed by atoms with Crippen LogP contribution in [0.4, 0.5) is 17.1 Å². The molecule has 0 aliphatic carbocycles. The molecule has 1 fully saturated rings. The van der Waals surface area contributed by atoms with Gasteiger partial charge in [-0.15, -0.1) is 12.4 Å². The van der Waals surface area contributed by atoms with Crippen LogP contribution in [-0.2, 0) is 0 Å². The first-order valence-electron chi connectivity index (χ1n) is 12.2. The number of ether oxygens (including phenoxy) is 1. The SMILES string of the molecule is CCCOc1ccccc1N1CCN(CCCN2c3ccccc3Sc3ccccc32)CC1.Cl. The van der Waals surface area contributed by atoms with Crippen molar-refractivity contribution in [3.05, 3.63) is 72.8 Å². The van der Waals surface area contributed by atoms with E-state index < -0.39 is 0 Å². The molecule has 3 aromatic rings. The predicted molar refractivity (Wildman–Crippen MR) is 147 cm³/mol. The first-order valence-corrected chi connectivity index (χ1v) is 13.0. The number of halogens is 1. The van der Waals surface area contributed by atoms with Gasteiger partial charge in [-0.05, 0) is 55.8 Å². The molecule has 0 bridgehead atoms. The highest BCUT2D eigenvalue weighted by molar-refractivity contribution is 7.99. The molecule has 0 N–H and O–H groups in total. The van der Waals surface area contributed by atoms with Crippen molar-refractivity contribution >= 4 is 41.2 Å². The highest BCUT2D eigenvalue weighted by atomic mass is 35.5. The van der Waals surface area contributed by atoms with Crippen molar-refractivity contribution in [2.75, 3.05) is 55.7 Å². The number of hydrogen-bond donors (Lipinski definition) is 0. The minimum Gasteiger partial charge on any atom is -0.491 e. The summed E-state index contributed by atoms with van der Waals surface area (Å²) in [4.78, 5) is 10.3. The number of hydrogen-bond acceptors (Lipinski definition) is 5. The van der Waals surface area contributed by atoms with Gasteiger partial charge in [0.15, 0.2) is 0 Å². The third-order valence-corrected chi connectivity index (χ3v) is 7.56. The fourth-order valence-electron chi connectivity index (χ4n) is 4.74. The Morgan fingerprint density at radius 3 is 1.97 bits per heavy atom. The fraction of sp³-hybridized carbons (Fsp3) is 0.357. The smallest absolute Gasteiger partial charge is 0.142 e. The van der Waals surface area contributed by atoms with E-state index in [1.807, 2.05) is 11.8 Å². The molecule has 0 amide bonds. The summed E-state index contributed by atoms with van der Waals surface area (Å²) in [5.41, 5.74) is 3.93. The molecule has 0 spiro atoms. The number of rotatable bonds is 8. The molecular weight excluding hydrogens is 462 g/mol. The van der Waals surface area contributed by atoms with Crippen LogP contribution in [0.2, 0.25) is 0 Å². The van der Waals surface area contributed by atoms with Crippen LogP contribution < -0.4 is 14.5 Å². The molecule has 5 rings (SSSR count). The van der Waals surface area contributed by atoms with Gasteiger partial charge in [0.05, 0.1) is 23.7 Å². The molecule has 3 aromatic carbocycles. The summed E-state index contributed by atoms with van der Waals surface area (Å²) in [6, 6.07) is 26.1. The van der Waals surface area contributed by atoms with Gasteiger partial charge in [-0.2, -0.15) is 0 Å². The minimum absolute atomic E-state index is 0. The van der Waals surface area contributed by atoms with Crippen LogP contribution in [0.3, 0.4) is 0 Å². The zero-order chi connectivity index (χ0) is 22.5. The zero-order valence-corrected chi connectivity index (χ0v) is 21.5. The van der Waals surface area contributed by atoms with Crippen molar-refractivity contribution in [2.45, 2.75) is 29.6 Å². The molecule has 34 heavy (non-hydrogen) atoms. The summed E-state index contributed by atoms with van der Waals surface area (Å²) < 4.78 is 5.99. The molecule has 2 aliphatic rings. The van der Waals surface area contributed by atoms with Gasteiger partial charge in [0, 0.05) is 42.5 Å². The number of piperazine rings is 1. The van der Waals surface area contributed by atoms with E-state index in [1.54, 1.807) is 0 Å². The average molecular weight is 496 g/mol. The average Bonchev–Trinajstić information content (AvgIpc) is 2.87. The van der Waals surface area contributed by atoms with E-state index in [9.17, 15) is 0 Å². The highest BCUT2D eigenvalue weighted by Crippen LogP contribution is 2.47. The van der Waals surface area contributed by atoms with Crippen LogP contribution in [0.1, 0.15) is 19.8 Å². The van der Waals surface area contributed by atoms with E-state index >= 15 is 0 Å². The van der Waals surface area contributed by atoms with Crippen LogP contribution in [-0.4, -0.2) is 50.8 Å². The van der Waals surface area contributed by atoms with Crippen molar-refractivity contribution in [2.24, 2.45) is 0 Å². The third-order valence-electron chi connectivity index (χ3n) is 6.43. The Labute approximate surface area is 214 Å². The summed E-state index contributed by atoms with van der Waals surface area (Å²) in [6.45, 7) is 9.42. The molecule has 180 valence electrons. The number of nitrogens with zero attached hydrogens (tertiary/aromatic N) is 3. The van der Waals surface area contributed by atoms with Crippen molar-refractivity contribution in [3.63, 3.8) is 0 Å². The lowest BCUT2D eigenvalue weighted by Crippen LogP contribution is -2.47. The number of fused-ring (bicyclic) bond motifs is 2. The van der Waals surface area contributed by atoms with Gasteiger partial charge in [-0.3, -0.25) is 4.90 Å². The predicted octanol–water partition coefficient (Wildman–Crippen LogP) is 6.71. The maximum Gasteiger partial charge on any atom is 0.142 e. The molecule has 0 radical (unpaired) electrons. The Kier molecular flexibility index (Phi) is 8.65. The quantitative estimate of drug-likeness (QED) is 0.344. The van der Waals surface area contributed by atoms with Crippen LogP contribution in [0.25, 0.3) is 0 Å². The van der Waals surface area contributed by atoms with E-state index in [2.05, 4.69) is 94.4 Å². The van der Waals surface area contributed by atoms with Crippen LogP contribution in [0.15, 0.2) is 82.6 Å².